The predicted octanol–water partition coefficient (Wildman–Crippen LogP) is 1.78. The summed E-state index contributed by atoms with van der Waals surface area (Å²) >= 11 is 0. The van der Waals surface area contributed by atoms with E-state index in [1.807, 2.05) is 0 Å². The molecule has 0 aliphatic heterocycles. The third-order valence-electron chi connectivity index (χ3n) is 2.37. The van der Waals surface area contributed by atoms with Crippen LogP contribution in [0.5, 0.6) is 0 Å². The van der Waals surface area contributed by atoms with Crippen molar-refractivity contribution in [1.82, 2.24) is 0 Å². The summed E-state index contributed by atoms with van der Waals surface area (Å²) in [7, 11) is -3.33. The molecule has 0 saturated heterocycles. The Morgan fingerprint density at radius 1 is 1.37 bits per heavy atom. The Labute approximate surface area is 113 Å². The highest BCUT2D eigenvalue weighted by atomic mass is 32.2. The van der Waals surface area contributed by atoms with Gasteiger partial charge in [0.1, 0.15) is 0 Å². The molecule has 102 valence electrons. The first-order valence-electron chi connectivity index (χ1n) is 5.90. The Morgan fingerprint density at radius 3 is 2.63 bits per heavy atom. The molecule has 0 amide bonds. The molecule has 0 aliphatic rings. The van der Waals surface area contributed by atoms with E-state index in [-0.39, 0.29) is 11.5 Å². The summed E-state index contributed by atoms with van der Waals surface area (Å²) in [6.45, 7) is 5.18. The Morgan fingerprint density at radius 2 is 2.05 bits per heavy atom. The van der Waals surface area contributed by atoms with Crippen molar-refractivity contribution in [1.29, 1.82) is 0 Å². The molecule has 0 unspecified atom stereocenters. The smallest absolute Gasteiger partial charge is 0.384 e. The van der Waals surface area contributed by atoms with Crippen molar-refractivity contribution in [2.75, 3.05) is 6.61 Å². The maximum absolute atomic E-state index is 12.0. The van der Waals surface area contributed by atoms with E-state index in [4.69, 9.17) is 0 Å². The lowest BCUT2D eigenvalue weighted by molar-refractivity contribution is -0.136. The Hall–Kier alpha value is -1.80. The number of esters is 1. The number of sulfone groups is 1. The van der Waals surface area contributed by atoms with Gasteiger partial charge in [-0.15, -0.1) is 0 Å². The van der Waals surface area contributed by atoms with Crippen molar-refractivity contribution in [2.45, 2.75) is 30.9 Å². The van der Waals surface area contributed by atoms with Crippen LogP contribution < -0.4 is 0 Å². The van der Waals surface area contributed by atoms with E-state index in [1.165, 1.54) is 12.1 Å². The van der Waals surface area contributed by atoms with Crippen LogP contribution in [-0.2, 0) is 19.4 Å². The normalized spacial score (nSPS) is 10.7. The van der Waals surface area contributed by atoms with E-state index < -0.39 is 21.1 Å². The van der Waals surface area contributed by atoms with Gasteiger partial charge < -0.3 is 4.74 Å². The fourth-order valence-electron chi connectivity index (χ4n) is 1.31. The van der Waals surface area contributed by atoms with Gasteiger partial charge in [0.2, 0.25) is 0 Å². The third-order valence-corrected chi connectivity index (χ3v) is 4.52. The molecule has 0 bridgehead atoms. The quantitative estimate of drug-likeness (QED) is 0.625. The van der Waals surface area contributed by atoms with Gasteiger partial charge in [0, 0.05) is 11.5 Å². The molecule has 0 fully saturated rings. The van der Waals surface area contributed by atoms with Crippen LogP contribution in [0.3, 0.4) is 0 Å². The molecule has 1 rings (SSSR count). The molecule has 0 atom stereocenters. The minimum atomic E-state index is -3.33. The lowest BCUT2D eigenvalue weighted by Crippen LogP contribution is -2.13. The predicted molar refractivity (Wildman–Crippen MR) is 72.3 cm³/mol. The number of hydrogen-bond donors (Lipinski definition) is 0. The van der Waals surface area contributed by atoms with Gasteiger partial charge in [-0.2, -0.15) is 0 Å². The van der Waals surface area contributed by atoms with Gasteiger partial charge in [-0.25, -0.2) is 13.2 Å². The molecule has 0 spiro atoms. The Kier molecular flexibility index (Phi) is 5.13. The van der Waals surface area contributed by atoms with Crippen LogP contribution in [0, 0.1) is 11.8 Å². The number of carbonyl (C=O) groups is 1. The van der Waals surface area contributed by atoms with Crippen LogP contribution in [0.2, 0.25) is 0 Å². The minimum absolute atomic E-state index is 0.207. The van der Waals surface area contributed by atoms with Crippen molar-refractivity contribution in [2.24, 2.45) is 0 Å². The molecule has 0 heterocycles. The molecule has 0 radical (unpaired) electrons. The molecule has 0 aromatic heterocycles. The minimum Gasteiger partial charge on any atom is -0.456 e. The monoisotopic (exact) mass is 280 g/mol. The fraction of sp³-hybridized carbons (Fsp3) is 0.357. The van der Waals surface area contributed by atoms with Gasteiger partial charge in [-0.3, -0.25) is 0 Å². The third kappa shape index (κ3) is 4.11. The van der Waals surface area contributed by atoms with Crippen LogP contribution in [0.25, 0.3) is 0 Å². The number of benzene rings is 1. The molecule has 5 heteroatoms. The average Bonchev–Trinajstić information content (AvgIpc) is 2.37. The van der Waals surface area contributed by atoms with Crippen LogP contribution in [0.1, 0.15) is 26.3 Å². The first kappa shape index (κ1) is 15.3. The number of ether oxygens (including phenoxy) is 1. The summed E-state index contributed by atoms with van der Waals surface area (Å²) in [4.78, 5) is 11.3. The van der Waals surface area contributed by atoms with Crippen LogP contribution in [-0.4, -0.2) is 26.2 Å². The van der Waals surface area contributed by atoms with Crippen LogP contribution in [0.15, 0.2) is 29.2 Å². The van der Waals surface area contributed by atoms with Gasteiger partial charge in [0.15, 0.2) is 9.84 Å². The van der Waals surface area contributed by atoms with Crippen molar-refractivity contribution in [3.05, 3.63) is 29.8 Å². The largest absolute Gasteiger partial charge is 0.456 e. The molecule has 4 nitrogen and oxygen atoms in total. The highest BCUT2D eigenvalue weighted by Gasteiger charge is 2.18. The van der Waals surface area contributed by atoms with E-state index in [1.54, 1.807) is 32.9 Å². The zero-order chi connectivity index (χ0) is 14.5. The maximum Gasteiger partial charge on any atom is 0.384 e. The Balaban J connectivity index is 3.06. The standard InChI is InChI=1S/C14H16O4S/c1-4-18-14(15)9-8-12-6-5-7-13(10-12)19(16,17)11(2)3/h5-7,10-11H,4H2,1-3H3. The molecule has 19 heavy (non-hydrogen) atoms. The van der Waals surface area contributed by atoms with E-state index in [0.29, 0.717) is 5.56 Å². The number of carbonyl (C=O) groups excluding carboxylic acids is 1. The molecule has 1 aromatic rings. The topological polar surface area (TPSA) is 60.4 Å². The second kappa shape index (κ2) is 6.39. The highest BCUT2D eigenvalue weighted by Crippen LogP contribution is 2.16. The van der Waals surface area contributed by atoms with Gasteiger partial charge in [0.05, 0.1) is 16.8 Å². The highest BCUT2D eigenvalue weighted by molar-refractivity contribution is 7.92. The van der Waals surface area contributed by atoms with E-state index in [9.17, 15) is 13.2 Å². The van der Waals surface area contributed by atoms with Crippen LogP contribution >= 0.6 is 0 Å². The molecular formula is C14H16O4S. The summed E-state index contributed by atoms with van der Waals surface area (Å²) in [5, 5.41) is -0.499. The van der Waals surface area contributed by atoms with Crippen molar-refractivity contribution >= 4 is 15.8 Å². The number of rotatable bonds is 3. The summed E-state index contributed by atoms with van der Waals surface area (Å²) in [5.41, 5.74) is 0.467. The van der Waals surface area contributed by atoms with Crippen molar-refractivity contribution in [3.8, 4) is 11.8 Å². The van der Waals surface area contributed by atoms with Gasteiger partial charge in [-0.1, -0.05) is 12.0 Å². The lowest BCUT2D eigenvalue weighted by Gasteiger charge is -2.07. The van der Waals surface area contributed by atoms with Gasteiger partial charge in [0.25, 0.3) is 0 Å². The summed E-state index contributed by atoms with van der Waals surface area (Å²) in [6, 6.07) is 6.22. The van der Waals surface area contributed by atoms with Crippen molar-refractivity contribution in [3.63, 3.8) is 0 Å². The number of hydrogen-bond acceptors (Lipinski definition) is 4. The van der Waals surface area contributed by atoms with E-state index in [2.05, 4.69) is 16.6 Å². The first-order valence-corrected chi connectivity index (χ1v) is 7.45. The summed E-state index contributed by atoms with van der Waals surface area (Å²) in [6.07, 6.45) is 0. The SMILES string of the molecule is CCOC(=O)C#Cc1cccc(S(=O)(=O)C(C)C)c1. The summed E-state index contributed by atoms with van der Waals surface area (Å²) in [5.74, 6) is 4.27. The second-order valence-electron chi connectivity index (χ2n) is 4.09. The first-order chi connectivity index (χ1) is 8.87. The molecular weight excluding hydrogens is 264 g/mol. The molecule has 0 aliphatic carbocycles. The van der Waals surface area contributed by atoms with E-state index >= 15 is 0 Å². The molecule has 1 aromatic carbocycles. The van der Waals surface area contributed by atoms with Crippen molar-refractivity contribution < 1.29 is 17.9 Å². The fourth-order valence-corrected chi connectivity index (χ4v) is 2.42. The zero-order valence-corrected chi connectivity index (χ0v) is 12.0. The summed E-state index contributed by atoms with van der Waals surface area (Å²) < 4.78 is 28.6. The lowest BCUT2D eigenvalue weighted by atomic mass is 10.2. The molecule has 0 N–H and O–H groups in total. The molecule has 0 saturated carbocycles. The van der Waals surface area contributed by atoms with E-state index in [0.717, 1.165) is 0 Å². The van der Waals surface area contributed by atoms with Gasteiger partial charge >= 0.3 is 5.97 Å². The zero-order valence-electron chi connectivity index (χ0n) is 11.1. The second-order valence-corrected chi connectivity index (χ2v) is 6.60. The van der Waals surface area contributed by atoms with Crippen LogP contribution in [0.4, 0.5) is 0 Å². The average molecular weight is 280 g/mol. The van der Waals surface area contributed by atoms with Gasteiger partial charge in [-0.05, 0) is 39.0 Å². The Bertz CT molecular complexity index is 618. The maximum atomic E-state index is 12.0.